The lowest BCUT2D eigenvalue weighted by Gasteiger charge is -2.36. The van der Waals surface area contributed by atoms with E-state index in [0.717, 1.165) is 49.7 Å². The van der Waals surface area contributed by atoms with Crippen LogP contribution in [0, 0.1) is 5.92 Å². The summed E-state index contributed by atoms with van der Waals surface area (Å²) in [5.41, 5.74) is 8.84. The molecule has 1 saturated heterocycles. The average molecular weight is 509 g/mol. The zero-order chi connectivity index (χ0) is 26.4. The molecule has 4 rings (SSSR count). The first-order valence-electron chi connectivity index (χ1n) is 13.4. The molecule has 8 heteroatoms. The lowest BCUT2D eigenvalue weighted by atomic mass is 9.83. The van der Waals surface area contributed by atoms with Crippen LogP contribution in [-0.4, -0.2) is 55.2 Å². The number of nitrogens with zero attached hydrogens (tertiary/aromatic N) is 1. The maximum absolute atomic E-state index is 14.0. The van der Waals surface area contributed by atoms with Crippen molar-refractivity contribution in [3.05, 3.63) is 54.1 Å². The van der Waals surface area contributed by atoms with Crippen molar-refractivity contribution >= 4 is 17.5 Å². The number of carbonyl (C=O) groups is 2. The van der Waals surface area contributed by atoms with E-state index in [0.29, 0.717) is 23.7 Å². The molecule has 0 bridgehead atoms. The molecule has 3 unspecified atom stereocenters. The monoisotopic (exact) mass is 508 g/mol. The minimum Gasteiger partial charge on any atom is -0.454 e. The number of fused-ring (bicyclic) bond motifs is 1. The smallest absolute Gasteiger partial charge is 0.245 e. The highest BCUT2D eigenvalue weighted by atomic mass is 16.7. The number of nitrogens with one attached hydrogen (secondary N) is 2. The summed E-state index contributed by atoms with van der Waals surface area (Å²) < 4.78 is 10.9. The van der Waals surface area contributed by atoms with Crippen LogP contribution in [0.4, 0.5) is 0 Å². The lowest BCUT2D eigenvalue weighted by Crippen LogP contribution is -2.56. The number of likely N-dealkylation sites (N-methyl/N-ethyl adjacent to an activating group) is 1. The summed E-state index contributed by atoms with van der Waals surface area (Å²) in [7, 11) is 1.75. The fourth-order valence-electron chi connectivity index (χ4n) is 5.54. The Labute approximate surface area is 219 Å². The van der Waals surface area contributed by atoms with Gasteiger partial charge in [0.15, 0.2) is 11.5 Å². The predicted octanol–water partition coefficient (Wildman–Crippen LogP) is 3.49. The highest BCUT2D eigenvalue weighted by Gasteiger charge is 2.39. The van der Waals surface area contributed by atoms with E-state index in [4.69, 9.17) is 15.2 Å². The number of rotatable bonds is 9. The molecule has 1 aliphatic carbocycles. The van der Waals surface area contributed by atoms with Gasteiger partial charge in [0.05, 0.1) is 12.1 Å². The Morgan fingerprint density at radius 1 is 1.14 bits per heavy atom. The molecule has 1 aromatic carbocycles. The Kier molecular flexibility index (Phi) is 8.92. The second-order valence-electron chi connectivity index (χ2n) is 10.2. The molecule has 2 aliphatic heterocycles. The minimum atomic E-state index is -0.524. The third-order valence-electron chi connectivity index (χ3n) is 7.77. The van der Waals surface area contributed by atoms with E-state index in [2.05, 4.69) is 17.2 Å². The Bertz CT molecular complexity index is 1060. The maximum atomic E-state index is 14.0. The van der Waals surface area contributed by atoms with E-state index in [9.17, 15) is 9.59 Å². The first-order valence-corrected chi connectivity index (χ1v) is 13.4. The maximum Gasteiger partial charge on any atom is 0.245 e. The Morgan fingerprint density at radius 3 is 2.62 bits per heavy atom. The highest BCUT2D eigenvalue weighted by molar-refractivity contribution is 5.90. The average Bonchev–Trinajstić information content (AvgIpc) is 3.60. The van der Waals surface area contributed by atoms with E-state index in [1.54, 1.807) is 13.1 Å². The number of amides is 2. The SMILES string of the molecule is C=C/C=C(\C=C(/N)c1ccc2c(c1)OCO2)C1CCCN1C(=O)C(NC(=O)C(C)NC)C1CCCCC1. The van der Waals surface area contributed by atoms with Crippen LogP contribution in [0.5, 0.6) is 11.5 Å². The van der Waals surface area contributed by atoms with Gasteiger partial charge < -0.3 is 30.7 Å². The van der Waals surface area contributed by atoms with E-state index in [1.165, 1.54) is 6.42 Å². The van der Waals surface area contributed by atoms with Gasteiger partial charge in [0, 0.05) is 17.8 Å². The molecule has 3 aliphatic rings. The van der Waals surface area contributed by atoms with Crippen molar-refractivity contribution in [2.24, 2.45) is 11.7 Å². The number of hydrogen-bond acceptors (Lipinski definition) is 6. The van der Waals surface area contributed by atoms with Gasteiger partial charge >= 0.3 is 0 Å². The zero-order valence-corrected chi connectivity index (χ0v) is 22.0. The summed E-state index contributed by atoms with van der Waals surface area (Å²) in [4.78, 5) is 28.8. The predicted molar refractivity (Wildman–Crippen MR) is 145 cm³/mol. The van der Waals surface area contributed by atoms with Gasteiger partial charge in [0.25, 0.3) is 0 Å². The standard InChI is InChI=1S/C29H40N4O4/c1-4-9-22(16-23(30)21-13-14-25-26(17-21)37-18-36-25)24-12-8-15-33(24)29(35)27(20-10-6-5-7-11-20)32-28(34)19(2)31-3/h4,9,13-14,16-17,19-20,24,27,31H,1,5-8,10-12,15,18,30H2,2-3H3,(H,32,34)/b22-9+,23-16-. The summed E-state index contributed by atoms with van der Waals surface area (Å²) in [6.07, 6.45) is 12.6. The highest BCUT2D eigenvalue weighted by Crippen LogP contribution is 2.35. The van der Waals surface area contributed by atoms with Crippen molar-refractivity contribution in [1.29, 1.82) is 0 Å². The number of carbonyl (C=O) groups excluding carboxylic acids is 2. The fourth-order valence-corrected chi connectivity index (χ4v) is 5.54. The molecule has 1 saturated carbocycles. The molecule has 1 aromatic rings. The van der Waals surface area contributed by atoms with Gasteiger partial charge in [-0.1, -0.05) is 38.0 Å². The number of benzene rings is 1. The van der Waals surface area contributed by atoms with Crippen molar-refractivity contribution in [3.63, 3.8) is 0 Å². The zero-order valence-electron chi connectivity index (χ0n) is 22.0. The van der Waals surface area contributed by atoms with Crippen molar-refractivity contribution in [3.8, 4) is 11.5 Å². The molecule has 0 spiro atoms. The second-order valence-corrected chi connectivity index (χ2v) is 10.2. The second kappa shape index (κ2) is 12.3. The van der Waals surface area contributed by atoms with Crippen LogP contribution in [0.3, 0.4) is 0 Å². The molecular formula is C29H40N4O4. The van der Waals surface area contributed by atoms with Crippen LogP contribution >= 0.6 is 0 Å². The van der Waals surface area contributed by atoms with Crippen molar-refractivity contribution in [2.75, 3.05) is 20.4 Å². The largest absolute Gasteiger partial charge is 0.454 e. The van der Waals surface area contributed by atoms with E-state index in [1.807, 2.05) is 42.2 Å². The van der Waals surface area contributed by atoms with Crippen molar-refractivity contribution in [2.45, 2.75) is 70.0 Å². The normalized spacial score (nSPS) is 22.0. The van der Waals surface area contributed by atoms with Gasteiger partial charge in [0.2, 0.25) is 18.6 Å². The summed E-state index contributed by atoms with van der Waals surface area (Å²) in [5.74, 6) is 1.38. The molecule has 2 fully saturated rings. The molecule has 3 atom stereocenters. The van der Waals surface area contributed by atoms with E-state index >= 15 is 0 Å². The van der Waals surface area contributed by atoms with Crippen LogP contribution in [0.15, 0.2) is 48.6 Å². The molecular weight excluding hydrogens is 468 g/mol. The molecule has 0 aromatic heterocycles. The first kappa shape index (κ1) is 26.8. The minimum absolute atomic E-state index is 0.00364. The van der Waals surface area contributed by atoms with Crippen LogP contribution in [-0.2, 0) is 9.59 Å². The molecule has 2 heterocycles. The Balaban J connectivity index is 1.58. The van der Waals surface area contributed by atoms with Crippen LogP contribution in [0.2, 0.25) is 0 Å². The number of hydrogen-bond donors (Lipinski definition) is 3. The molecule has 4 N–H and O–H groups in total. The molecule has 200 valence electrons. The summed E-state index contributed by atoms with van der Waals surface area (Å²) in [6.45, 7) is 6.56. The first-order chi connectivity index (χ1) is 17.9. The van der Waals surface area contributed by atoms with Gasteiger partial charge in [-0.3, -0.25) is 9.59 Å². The molecule has 8 nitrogen and oxygen atoms in total. The van der Waals surface area contributed by atoms with Crippen LogP contribution in [0.1, 0.15) is 57.4 Å². The summed E-state index contributed by atoms with van der Waals surface area (Å²) >= 11 is 0. The number of nitrogens with two attached hydrogens (primary N) is 1. The lowest BCUT2D eigenvalue weighted by molar-refractivity contribution is -0.139. The van der Waals surface area contributed by atoms with E-state index in [-0.39, 0.29) is 36.6 Å². The molecule has 0 radical (unpaired) electrons. The van der Waals surface area contributed by atoms with Gasteiger partial charge in [-0.25, -0.2) is 0 Å². The third-order valence-corrected chi connectivity index (χ3v) is 7.77. The summed E-state index contributed by atoms with van der Waals surface area (Å²) in [5, 5.41) is 6.08. The van der Waals surface area contributed by atoms with Crippen molar-refractivity contribution in [1.82, 2.24) is 15.5 Å². The quantitative estimate of drug-likeness (QED) is 0.441. The topological polar surface area (TPSA) is 106 Å². The van der Waals surface area contributed by atoms with E-state index < -0.39 is 6.04 Å². The van der Waals surface area contributed by atoms with Crippen LogP contribution < -0.4 is 25.8 Å². The fraction of sp³-hybridized carbons (Fsp3) is 0.517. The molecule has 2 amide bonds. The Morgan fingerprint density at radius 2 is 1.89 bits per heavy atom. The van der Waals surface area contributed by atoms with Crippen molar-refractivity contribution < 1.29 is 19.1 Å². The van der Waals surface area contributed by atoms with Gasteiger partial charge in [0.1, 0.15) is 6.04 Å². The third kappa shape index (κ3) is 6.18. The van der Waals surface area contributed by atoms with Crippen LogP contribution in [0.25, 0.3) is 5.70 Å². The number of allylic oxidation sites excluding steroid dienone is 2. The van der Waals surface area contributed by atoms with Gasteiger partial charge in [-0.15, -0.1) is 0 Å². The number of ether oxygens (including phenoxy) is 2. The number of likely N-dealkylation sites (tertiary alicyclic amines) is 1. The molecule has 37 heavy (non-hydrogen) atoms. The van der Waals surface area contributed by atoms with Gasteiger partial charge in [-0.2, -0.15) is 0 Å². The summed E-state index contributed by atoms with van der Waals surface area (Å²) in [6, 6.07) is 4.60. The van der Waals surface area contributed by atoms with Gasteiger partial charge in [-0.05, 0) is 75.4 Å². The Hall–Kier alpha value is -3.26.